The average molecular weight is 436 g/mol. The van der Waals surface area contributed by atoms with E-state index in [0.29, 0.717) is 18.0 Å². The van der Waals surface area contributed by atoms with E-state index < -0.39 is 15.9 Å². The highest BCUT2D eigenvalue weighted by Gasteiger charge is 2.24. The molecule has 2 aromatic rings. The number of sulfonamides is 1. The van der Waals surface area contributed by atoms with E-state index in [-0.39, 0.29) is 12.2 Å². The second kappa shape index (κ2) is 10.7. The molecule has 1 amide bonds. The topological polar surface area (TPSA) is 88.2 Å². The third-order valence-corrected chi connectivity index (χ3v) is 5.66. The van der Waals surface area contributed by atoms with Crippen molar-refractivity contribution in [1.82, 2.24) is 5.32 Å². The minimum absolute atomic E-state index is 0.248. The van der Waals surface area contributed by atoms with Crippen molar-refractivity contribution < 1.29 is 22.7 Å². The van der Waals surface area contributed by atoms with Crippen molar-refractivity contribution in [2.45, 2.75) is 6.42 Å². The number of ether oxygens (including phenoxy) is 2. The molecule has 0 aliphatic carbocycles. The molecular weight excluding hydrogens is 406 g/mol. The van der Waals surface area contributed by atoms with Crippen LogP contribution in [0.1, 0.15) is 6.42 Å². The Kier molecular flexibility index (Phi) is 8.35. The summed E-state index contributed by atoms with van der Waals surface area (Å²) in [6.07, 6.45) is 1.77. The van der Waals surface area contributed by atoms with Crippen molar-refractivity contribution in [1.29, 1.82) is 0 Å². The molecule has 9 heteroatoms. The molecule has 0 aliphatic heterocycles. The number of hydrogen-bond donors (Lipinski definition) is 1. The summed E-state index contributed by atoms with van der Waals surface area (Å²) in [5, 5.41) is 2.78. The van der Waals surface area contributed by atoms with Gasteiger partial charge in [0.25, 0.3) is 0 Å². The first kappa shape index (κ1) is 23.3. The molecule has 0 aromatic heterocycles. The van der Waals surface area contributed by atoms with Crippen LogP contribution in [0.3, 0.4) is 0 Å². The van der Waals surface area contributed by atoms with Gasteiger partial charge in [0, 0.05) is 31.9 Å². The van der Waals surface area contributed by atoms with Gasteiger partial charge in [-0.15, -0.1) is 0 Å². The molecule has 1 N–H and O–H groups in total. The molecular formula is C21H29N3O5S. The minimum Gasteiger partial charge on any atom is -0.497 e. The predicted molar refractivity (Wildman–Crippen MR) is 119 cm³/mol. The van der Waals surface area contributed by atoms with Crippen LogP contribution in [0.5, 0.6) is 11.5 Å². The van der Waals surface area contributed by atoms with E-state index in [4.69, 9.17) is 9.47 Å². The van der Waals surface area contributed by atoms with Crippen LogP contribution in [-0.4, -0.2) is 61.5 Å². The Morgan fingerprint density at radius 2 is 1.77 bits per heavy atom. The summed E-state index contributed by atoms with van der Waals surface area (Å²) in [5.74, 6) is 0.398. The molecule has 0 bridgehead atoms. The summed E-state index contributed by atoms with van der Waals surface area (Å²) in [4.78, 5) is 14.5. The van der Waals surface area contributed by atoms with E-state index in [0.717, 1.165) is 29.2 Å². The van der Waals surface area contributed by atoms with Gasteiger partial charge in [0.1, 0.15) is 18.0 Å². The molecule has 0 radical (unpaired) electrons. The number of nitrogens with zero attached hydrogens (tertiary/aromatic N) is 2. The van der Waals surface area contributed by atoms with Crippen LogP contribution in [0.2, 0.25) is 0 Å². The molecule has 164 valence electrons. The summed E-state index contributed by atoms with van der Waals surface area (Å²) in [5.41, 5.74) is 1.34. The van der Waals surface area contributed by atoms with Crippen LogP contribution in [0.15, 0.2) is 48.5 Å². The largest absolute Gasteiger partial charge is 0.497 e. The van der Waals surface area contributed by atoms with Gasteiger partial charge in [0.05, 0.1) is 26.2 Å². The Balaban J connectivity index is 1.98. The molecule has 0 saturated carbocycles. The number of nitrogens with one attached hydrogen (secondary N) is 1. The van der Waals surface area contributed by atoms with Crippen molar-refractivity contribution in [3.05, 3.63) is 48.5 Å². The number of para-hydroxylation sites is 1. The summed E-state index contributed by atoms with van der Waals surface area (Å²) in [6.45, 7) is 0.837. The molecule has 0 aliphatic rings. The Bertz CT molecular complexity index is 935. The van der Waals surface area contributed by atoms with Gasteiger partial charge in [0.2, 0.25) is 15.9 Å². The van der Waals surface area contributed by atoms with Gasteiger partial charge in [0.15, 0.2) is 0 Å². The van der Waals surface area contributed by atoms with Crippen LogP contribution in [0, 0.1) is 0 Å². The maximum atomic E-state index is 12.4. The number of rotatable bonds is 11. The second-order valence-electron chi connectivity index (χ2n) is 6.77. The zero-order chi connectivity index (χ0) is 22.1. The monoisotopic (exact) mass is 435 g/mol. The Labute approximate surface area is 178 Å². The Morgan fingerprint density at radius 3 is 2.37 bits per heavy atom. The lowest BCUT2D eigenvalue weighted by atomic mass is 10.2. The third kappa shape index (κ3) is 6.55. The van der Waals surface area contributed by atoms with Crippen LogP contribution < -0.4 is 24.0 Å². The van der Waals surface area contributed by atoms with E-state index in [9.17, 15) is 13.2 Å². The molecule has 0 atom stereocenters. The van der Waals surface area contributed by atoms with Gasteiger partial charge in [-0.1, -0.05) is 18.2 Å². The molecule has 2 rings (SSSR count). The van der Waals surface area contributed by atoms with Crippen LogP contribution in [0.4, 0.5) is 11.4 Å². The SMILES string of the molecule is COc1ccc(OC)c(N(CC(=O)NCCCN(C)c2ccccc2)S(C)(=O)=O)c1. The van der Waals surface area contributed by atoms with E-state index >= 15 is 0 Å². The number of anilines is 2. The number of amides is 1. The van der Waals surface area contributed by atoms with E-state index in [1.807, 2.05) is 37.4 Å². The van der Waals surface area contributed by atoms with Gasteiger partial charge in [-0.25, -0.2) is 8.42 Å². The smallest absolute Gasteiger partial charge is 0.240 e. The molecule has 8 nitrogen and oxygen atoms in total. The van der Waals surface area contributed by atoms with Gasteiger partial charge in [-0.2, -0.15) is 0 Å². The molecule has 0 saturated heterocycles. The summed E-state index contributed by atoms with van der Waals surface area (Å²) in [7, 11) is 1.18. The fourth-order valence-corrected chi connectivity index (χ4v) is 3.77. The molecule has 30 heavy (non-hydrogen) atoms. The molecule has 2 aromatic carbocycles. The lowest BCUT2D eigenvalue weighted by Crippen LogP contribution is -2.41. The van der Waals surface area contributed by atoms with Crippen molar-refractivity contribution >= 4 is 27.3 Å². The number of carbonyl (C=O) groups is 1. The lowest BCUT2D eigenvalue weighted by molar-refractivity contribution is -0.119. The average Bonchev–Trinajstić information content (AvgIpc) is 2.74. The highest BCUT2D eigenvalue weighted by molar-refractivity contribution is 7.92. The number of methoxy groups -OCH3 is 2. The minimum atomic E-state index is -3.72. The van der Waals surface area contributed by atoms with Gasteiger partial charge in [-0.05, 0) is 30.7 Å². The first-order valence-corrected chi connectivity index (χ1v) is 11.3. The normalized spacial score (nSPS) is 10.9. The van der Waals surface area contributed by atoms with Gasteiger partial charge in [-0.3, -0.25) is 9.10 Å². The van der Waals surface area contributed by atoms with Gasteiger partial charge >= 0.3 is 0 Å². The summed E-state index contributed by atoms with van der Waals surface area (Å²) < 4.78 is 36.2. The van der Waals surface area contributed by atoms with Crippen LogP contribution >= 0.6 is 0 Å². The summed E-state index contributed by atoms with van der Waals surface area (Å²) >= 11 is 0. The molecule has 0 spiro atoms. The van der Waals surface area contributed by atoms with Crippen molar-refractivity contribution in [2.75, 3.05) is 56.4 Å². The first-order chi connectivity index (χ1) is 14.3. The zero-order valence-electron chi connectivity index (χ0n) is 17.8. The molecule has 0 unspecified atom stereocenters. The first-order valence-electron chi connectivity index (χ1n) is 9.49. The lowest BCUT2D eigenvalue weighted by Gasteiger charge is -2.24. The van der Waals surface area contributed by atoms with Crippen LogP contribution in [0.25, 0.3) is 0 Å². The maximum absolute atomic E-state index is 12.4. The van der Waals surface area contributed by atoms with Crippen molar-refractivity contribution in [3.63, 3.8) is 0 Å². The number of hydrogen-bond acceptors (Lipinski definition) is 6. The van der Waals surface area contributed by atoms with Crippen molar-refractivity contribution in [2.24, 2.45) is 0 Å². The fourth-order valence-electron chi connectivity index (χ4n) is 2.91. The second-order valence-corrected chi connectivity index (χ2v) is 8.67. The Hall–Kier alpha value is -2.94. The third-order valence-electron chi connectivity index (χ3n) is 4.53. The highest BCUT2D eigenvalue weighted by Crippen LogP contribution is 2.33. The Morgan fingerprint density at radius 1 is 1.07 bits per heavy atom. The summed E-state index contributed by atoms with van der Waals surface area (Å²) in [6, 6.07) is 14.7. The van der Waals surface area contributed by atoms with Crippen LogP contribution in [-0.2, 0) is 14.8 Å². The highest BCUT2D eigenvalue weighted by atomic mass is 32.2. The van der Waals surface area contributed by atoms with Gasteiger partial charge < -0.3 is 19.7 Å². The number of carbonyl (C=O) groups excluding carboxylic acids is 1. The predicted octanol–water partition coefficient (Wildman–Crippen LogP) is 2.11. The standard InChI is InChI=1S/C21H29N3O5S/c1-23(17-9-6-5-7-10-17)14-8-13-22-21(25)16-24(30(4,26)27)19-15-18(28-2)11-12-20(19)29-3/h5-7,9-12,15H,8,13-14,16H2,1-4H3,(H,22,25). The maximum Gasteiger partial charge on any atom is 0.240 e. The van der Waals surface area contributed by atoms with Crippen molar-refractivity contribution in [3.8, 4) is 11.5 Å². The number of benzene rings is 2. The molecule has 0 fully saturated rings. The van der Waals surface area contributed by atoms with E-state index in [1.54, 1.807) is 12.1 Å². The zero-order valence-corrected chi connectivity index (χ0v) is 18.6. The van der Waals surface area contributed by atoms with E-state index in [2.05, 4.69) is 10.2 Å². The molecule has 0 heterocycles. The fraction of sp³-hybridized carbons (Fsp3) is 0.381. The quantitative estimate of drug-likeness (QED) is 0.544. The van der Waals surface area contributed by atoms with E-state index in [1.165, 1.54) is 20.3 Å².